The van der Waals surface area contributed by atoms with E-state index in [-0.39, 0.29) is 11.7 Å². The zero-order valence-corrected chi connectivity index (χ0v) is 15.9. The number of amides is 1. The monoisotopic (exact) mass is 402 g/mol. The summed E-state index contributed by atoms with van der Waals surface area (Å²) in [6.45, 7) is 1.23. The smallest absolute Gasteiger partial charge is 0.330 e. The minimum Gasteiger partial charge on any atom is -0.381 e. The zero-order valence-electron chi connectivity index (χ0n) is 15.2. The normalized spacial score (nSPS) is 15.1. The van der Waals surface area contributed by atoms with E-state index in [1.54, 1.807) is 34.5 Å². The molecular formula is C18H19ClN6O3. The van der Waals surface area contributed by atoms with Gasteiger partial charge in [0.05, 0.1) is 16.9 Å². The van der Waals surface area contributed by atoms with Crippen molar-refractivity contribution in [2.75, 3.05) is 18.5 Å². The number of fused-ring (bicyclic) bond motifs is 1. The van der Waals surface area contributed by atoms with E-state index in [1.165, 1.54) is 6.07 Å². The van der Waals surface area contributed by atoms with Gasteiger partial charge in [0.25, 0.3) is 0 Å². The lowest BCUT2D eigenvalue weighted by Gasteiger charge is -2.22. The van der Waals surface area contributed by atoms with Crippen molar-refractivity contribution < 1.29 is 9.53 Å². The molecule has 0 spiro atoms. The molecule has 10 heteroatoms. The number of halogens is 1. The Hall–Kier alpha value is -2.91. The first kappa shape index (κ1) is 18.5. The Kier molecular flexibility index (Phi) is 4.78. The van der Waals surface area contributed by atoms with E-state index in [4.69, 9.17) is 22.1 Å². The van der Waals surface area contributed by atoms with Crippen LogP contribution in [0.3, 0.4) is 0 Å². The molecule has 3 aromatic rings. The maximum atomic E-state index is 12.7. The Balaban J connectivity index is 1.73. The van der Waals surface area contributed by atoms with E-state index in [9.17, 15) is 9.59 Å². The number of anilines is 2. The molecule has 3 N–H and O–H groups in total. The highest BCUT2D eigenvalue weighted by Crippen LogP contribution is 2.27. The zero-order chi connectivity index (χ0) is 19.8. The van der Waals surface area contributed by atoms with Crippen LogP contribution >= 0.6 is 11.6 Å². The number of carbonyl (C=O) groups is 1. The van der Waals surface area contributed by atoms with Gasteiger partial charge in [-0.15, -0.1) is 0 Å². The van der Waals surface area contributed by atoms with Gasteiger partial charge >= 0.3 is 5.69 Å². The molecule has 2 aromatic heterocycles. The van der Waals surface area contributed by atoms with Crippen molar-refractivity contribution in [3.05, 3.63) is 45.5 Å². The average molecular weight is 403 g/mol. The number of hydrogen-bond donors (Lipinski definition) is 2. The van der Waals surface area contributed by atoms with Crippen LogP contribution in [0.15, 0.2) is 29.2 Å². The standard InChI is InChI=1S/C18H19ClN6O3/c1-24-14-9-21-17(22-13-3-2-10(15(20)26)8-12(13)19)23-16(14)25(18(24)27)11-4-6-28-7-5-11/h2-3,8-9,11H,4-7H2,1H3,(H2,20,26)(H,21,22,23). The topological polar surface area (TPSA) is 117 Å². The van der Waals surface area contributed by atoms with Gasteiger partial charge in [-0.2, -0.15) is 4.98 Å². The Morgan fingerprint density at radius 3 is 2.79 bits per heavy atom. The predicted molar refractivity (Wildman–Crippen MR) is 105 cm³/mol. The molecule has 9 nitrogen and oxygen atoms in total. The summed E-state index contributed by atoms with van der Waals surface area (Å²) in [5.74, 6) is -0.261. The van der Waals surface area contributed by atoms with E-state index in [0.717, 1.165) is 12.8 Å². The Labute approximate surface area is 165 Å². The molecule has 1 aromatic carbocycles. The number of hydrogen-bond acceptors (Lipinski definition) is 6. The van der Waals surface area contributed by atoms with E-state index in [0.29, 0.717) is 46.6 Å². The van der Waals surface area contributed by atoms with Gasteiger partial charge in [0.1, 0.15) is 5.52 Å². The molecule has 0 radical (unpaired) electrons. The highest BCUT2D eigenvalue weighted by Gasteiger charge is 2.23. The average Bonchev–Trinajstić information content (AvgIpc) is 2.94. The summed E-state index contributed by atoms with van der Waals surface area (Å²) in [6, 6.07) is 4.71. The predicted octanol–water partition coefficient (Wildman–Crippen LogP) is 1.98. The number of nitrogens with two attached hydrogens (primary N) is 1. The molecule has 0 bridgehead atoms. The molecule has 1 saturated heterocycles. The van der Waals surface area contributed by atoms with E-state index in [2.05, 4.69) is 15.3 Å². The highest BCUT2D eigenvalue weighted by molar-refractivity contribution is 6.33. The van der Waals surface area contributed by atoms with Crippen molar-refractivity contribution in [2.45, 2.75) is 18.9 Å². The minimum absolute atomic E-state index is 0.0335. The number of aromatic nitrogens is 4. The van der Waals surface area contributed by atoms with E-state index < -0.39 is 5.91 Å². The maximum Gasteiger partial charge on any atom is 0.330 e. The Bertz CT molecular complexity index is 1120. The van der Waals surface area contributed by atoms with Crippen LogP contribution in [-0.2, 0) is 11.8 Å². The van der Waals surface area contributed by atoms with Crippen LogP contribution in [0, 0.1) is 0 Å². The van der Waals surface area contributed by atoms with Gasteiger partial charge in [-0.3, -0.25) is 13.9 Å². The number of aryl methyl sites for hydroxylation is 1. The first-order valence-corrected chi connectivity index (χ1v) is 9.21. The Morgan fingerprint density at radius 2 is 2.11 bits per heavy atom. The summed E-state index contributed by atoms with van der Waals surface area (Å²) in [7, 11) is 1.70. The van der Waals surface area contributed by atoms with Crippen LogP contribution in [0.5, 0.6) is 0 Å². The molecule has 0 saturated carbocycles. The number of carbonyl (C=O) groups excluding carboxylic acids is 1. The fourth-order valence-electron chi connectivity index (χ4n) is 3.36. The van der Waals surface area contributed by atoms with Crippen LogP contribution in [-0.4, -0.2) is 38.2 Å². The van der Waals surface area contributed by atoms with E-state index >= 15 is 0 Å². The summed E-state index contributed by atoms with van der Waals surface area (Å²) in [5.41, 5.74) is 7.18. The summed E-state index contributed by atoms with van der Waals surface area (Å²) < 4.78 is 8.66. The quantitative estimate of drug-likeness (QED) is 0.689. The highest BCUT2D eigenvalue weighted by atomic mass is 35.5. The van der Waals surface area contributed by atoms with Crippen molar-refractivity contribution in [1.82, 2.24) is 19.1 Å². The summed E-state index contributed by atoms with van der Waals surface area (Å²) >= 11 is 6.22. The molecular weight excluding hydrogens is 384 g/mol. The molecule has 1 fully saturated rings. The largest absolute Gasteiger partial charge is 0.381 e. The number of nitrogens with one attached hydrogen (secondary N) is 1. The fraction of sp³-hybridized carbons (Fsp3) is 0.333. The van der Waals surface area contributed by atoms with Crippen LogP contribution in [0.25, 0.3) is 11.2 Å². The second kappa shape index (κ2) is 7.25. The fourth-order valence-corrected chi connectivity index (χ4v) is 3.59. The number of rotatable bonds is 4. The lowest BCUT2D eigenvalue weighted by atomic mass is 10.1. The molecule has 0 atom stereocenters. The summed E-state index contributed by atoms with van der Waals surface area (Å²) in [4.78, 5) is 32.9. The third-order valence-corrected chi connectivity index (χ3v) is 5.20. The maximum absolute atomic E-state index is 12.7. The molecule has 28 heavy (non-hydrogen) atoms. The molecule has 1 aliphatic heterocycles. The van der Waals surface area contributed by atoms with Gasteiger partial charge < -0.3 is 15.8 Å². The molecule has 146 valence electrons. The lowest BCUT2D eigenvalue weighted by Crippen LogP contribution is -2.30. The number of benzene rings is 1. The first-order valence-electron chi connectivity index (χ1n) is 8.84. The molecule has 0 unspecified atom stereocenters. The third kappa shape index (κ3) is 3.23. The van der Waals surface area contributed by atoms with Crippen molar-refractivity contribution in [2.24, 2.45) is 12.8 Å². The summed E-state index contributed by atoms with van der Waals surface area (Å²) in [6.07, 6.45) is 3.12. The van der Waals surface area contributed by atoms with Gasteiger partial charge in [0.15, 0.2) is 5.65 Å². The van der Waals surface area contributed by atoms with E-state index in [1.807, 2.05) is 0 Å². The van der Waals surface area contributed by atoms with Gasteiger partial charge in [0, 0.05) is 31.9 Å². The van der Waals surface area contributed by atoms with Crippen molar-refractivity contribution >= 4 is 40.3 Å². The SMILES string of the molecule is Cn1c(=O)n(C2CCOCC2)c2nc(Nc3ccc(C(N)=O)cc3Cl)ncc21. The van der Waals surface area contributed by atoms with Crippen molar-refractivity contribution in [3.63, 3.8) is 0 Å². The van der Waals surface area contributed by atoms with Crippen LogP contribution in [0.4, 0.5) is 11.6 Å². The van der Waals surface area contributed by atoms with Gasteiger partial charge in [-0.05, 0) is 31.0 Å². The lowest BCUT2D eigenvalue weighted by molar-refractivity contribution is 0.0695. The van der Waals surface area contributed by atoms with Crippen LogP contribution in [0.1, 0.15) is 29.2 Å². The number of nitrogens with zero attached hydrogens (tertiary/aromatic N) is 4. The molecule has 1 aliphatic rings. The number of imidazole rings is 1. The van der Waals surface area contributed by atoms with Crippen LogP contribution in [0.2, 0.25) is 5.02 Å². The van der Waals surface area contributed by atoms with Gasteiger partial charge in [-0.25, -0.2) is 9.78 Å². The first-order chi connectivity index (χ1) is 13.5. The number of ether oxygens (including phenoxy) is 1. The van der Waals surface area contributed by atoms with Crippen molar-refractivity contribution in [3.8, 4) is 0 Å². The Morgan fingerprint density at radius 1 is 1.36 bits per heavy atom. The molecule has 3 heterocycles. The second-order valence-corrected chi connectivity index (χ2v) is 7.05. The minimum atomic E-state index is -0.559. The van der Waals surface area contributed by atoms with Crippen molar-refractivity contribution in [1.29, 1.82) is 0 Å². The van der Waals surface area contributed by atoms with Gasteiger partial charge in [-0.1, -0.05) is 11.6 Å². The third-order valence-electron chi connectivity index (χ3n) is 4.89. The van der Waals surface area contributed by atoms with Gasteiger partial charge in [0.2, 0.25) is 11.9 Å². The van der Waals surface area contributed by atoms with Crippen LogP contribution < -0.4 is 16.7 Å². The molecule has 1 amide bonds. The second-order valence-electron chi connectivity index (χ2n) is 6.64. The molecule has 4 rings (SSSR count). The summed E-state index contributed by atoms with van der Waals surface area (Å²) in [5, 5.41) is 3.35. The number of primary amides is 1. The molecule has 0 aliphatic carbocycles.